The number of hydrogen-bond acceptors (Lipinski definition) is 3. The van der Waals surface area contributed by atoms with Crippen molar-refractivity contribution in [2.45, 2.75) is 45.7 Å². The van der Waals surface area contributed by atoms with Crippen molar-refractivity contribution in [3.8, 4) is 5.75 Å². The molecule has 1 aromatic carbocycles. The van der Waals surface area contributed by atoms with Crippen LogP contribution < -0.4 is 15.4 Å². The highest BCUT2D eigenvalue weighted by molar-refractivity contribution is 5.80. The summed E-state index contributed by atoms with van der Waals surface area (Å²) in [5, 5.41) is 6.72. The van der Waals surface area contributed by atoms with Gasteiger partial charge in [0, 0.05) is 37.8 Å². The average molecular weight is 368 g/mol. The Morgan fingerprint density at radius 2 is 2.00 bits per heavy atom. The fraction of sp³-hybridized carbons (Fsp3) is 0.632. The number of rotatable bonds is 7. The Kier molecular flexibility index (Phi) is 8.09. The molecule has 2 N–H and O–H groups in total. The molecule has 0 spiro atoms. The molecule has 0 atom stereocenters. The van der Waals surface area contributed by atoms with Crippen LogP contribution in [0.2, 0.25) is 0 Å². The first-order valence-corrected chi connectivity index (χ1v) is 9.36. The summed E-state index contributed by atoms with van der Waals surface area (Å²) in [6, 6.07) is 4.52. The summed E-state index contributed by atoms with van der Waals surface area (Å²) in [5.41, 5.74) is 0. The fourth-order valence-corrected chi connectivity index (χ4v) is 2.96. The minimum Gasteiger partial charge on any atom is -0.492 e. The maximum absolute atomic E-state index is 13.1. The monoisotopic (exact) mass is 368 g/mol. The van der Waals surface area contributed by atoms with Gasteiger partial charge in [0.05, 0.1) is 6.54 Å². The number of piperidine rings is 1. The lowest BCUT2D eigenvalue weighted by Gasteiger charge is -2.35. The molecular weight excluding hydrogens is 338 g/mol. The molecule has 1 saturated heterocycles. The highest BCUT2D eigenvalue weighted by atomic mass is 19.2. The van der Waals surface area contributed by atoms with Crippen LogP contribution >= 0.6 is 0 Å². The van der Waals surface area contributed by atoms with Gasteiger partial charge in [-0.25, -0.2) is 13.8 Å². The van der Waals surface area contributed by atoms with Crippen molar-refractivity contribution in [2.24, 2.45) is 4.99 Å². The molecule has 1 heterocycles. The molecule has 2 rings (SSSR count). The second-order valence-electron chi connectivity index (χ2n) is 6.73. The summed E-state index contributed by atoms with van der Waals surface area (Å²) in [6.07, 6.45) is 2.18. The lowest BCUT2D eigenvalue weighted by molar-refractivity contribution is 0.167. The molecule has 26 heavy (non-hydrogen) atoms. The van der Waals surface area contributed by atoms with Gasteiger partial charge in [-0.1, -0.05) is 0 Å². The van der Waals surface area contributed by atoms with Gasteiger partial charge >= 0.3 is 0 Å². The van der Waals surface area contributed by atoms with Gasteiger partial charge in [-0.05, 0) is 45.7 Å². The minimum absolute atomic E-state index is 0.299. The van der Waals surface area contributed by atoms with Gasteiger partial charge in [0.2, 0.25) is 0 Å². The number of ether oxygens (including phenoxy) is 1. The molecule has 0 radical (unpaired) electrons. The van der Waals surface area contributed by atoms with Gasteiger partial charge in [0.1, 0.15) is 12.4 Å². The molecule has 1 aromatic rings. The number of hydrogen-bond donors (Lipinski definition) is 2. The lowest BCUT2D eigenvalue weighted by Crippen LogP contribution is -2.50. The quantitative estimate of drug-likeness (QED) is 0.441. The topological polar surface area (TPSA) is 48.9 Å². The van der Waals surface area contributed by atoms with Gasteiger partial charge in [-0.15, -0.1) is 0 Å². The largest absolute Gasteiger partial charge is 0.492 e. The van der Waals surface area contributed by atoms with E-state index in [0.29, 0.717) is 31.0 Å². The van der Waals surface area contributed by atoms with Crippen LogP contribution in [0.15, 0.2) is 23.2 Å². The number of likely N-dealkylation sites (tertiary alicyclic amines) is 1. The Labute approximate surface area is 154 Å². The van der Waals surface area contributed by atoms with Crippen molar-refractivity contribution in [3.63, 3.8) is 0 Å². The summed E-state index contributed by atoms with van der Waals surface area (Å²) < 4.78 is 31.5. The van der Waals surface area contributed by atoms with E-state index >= 15 is 0 Å². The Bertz CT molecular complexity index is 587. The van der Waals surface area contributed by atoms with E-state index in [1.165, 1.54) is 6.07 Å². The number of nitrogens with zero attached hydrogens (tertiary/aromatic N) is 2. The second kappa shape index (κ2) is 10.3. The zero-order chi connectivity index (χ0) is 18.9. The Morgan fingerprint density at radius 1 is 1.27 bits per heavy atom. The Hall–Kier alpha value is -1.89. The van der Waals surface area contributed by atoms with Crippen LogP contribution in [0.3, 0.4) is 0 Å². The molecule has 0 saturated carbocycles. The molecule has 0 bridgehead atoms. The first-order valence-electron chi connectivity index (χ1n) is 9.36. The molecule has 0 aliphatic carbocycles. The van der Waals surface area contributed by atoms with E-state index in [9.17, 15) is 8.78 Å². The zero-order valence-electron chi connectivity index (χ0n) is 15.9. The van der Waals surface area contributed by atoms with E-state index in [0.717, 1.165) is 50.6 Å². The summed E-state index contributed by atoms with van der Waals surface area (Å²) in [5.74, 6) is -0.714. The molecule has 0 aromatic heterocycles. The molecular formula is C19H30F2N4O. The number of guanidine groups is 1. The van der Waals surface area contributed by atoms with Crippen LogP contribution in [-0.2, 0) is 0 Å². The van der Waals surface area contributed by atoms with Crippen molar-refractivity contribution in [2.75, 3.05) is 32.8 Å². The van der Waals surface area contributed by atoms with Crippen molar-refractivity contribution in [3.05, 3.63) is 29.8 Å². The number of halogens is 2. The standard InChI is InChI=1S/C19H30F2N4O/c1-4-22-19(24-15-7-10-25(11-8-15)14(2)3)23-9-12-26-16-5-6-17(20)18(21)13-16/h5-6,13-15H,4,7-12H2,1-3H3,(H2,22,23,24). The first-order chi connectivity index (χ1) is 12.5. The molecule has 5 nitrogen and oxygen atoms in total. The van der Waals surface area contributed by atoms with Crippen LogP contribution in [-0.4, -0.2) is 55.7 Å². The smallest absolute Gasteiger partial charge is 0.191 e. The third kappa shape index (κ3) is 6.44. The van der Waals surface area contributed by atoms with Gasteiger partial charge in [0.25, 0.3) is 0 Å². The Morgan fingerprint density at radius 3 is 2.62 bits per heavy atom. The van der Waals surface area contributed by atoms with Gasteiger partial charge in [0.15, 0.2) is 17.6 Å². The minimum atomic E-state index is -0.909. The second-order valence-corrected chi connectivity index (χ2v) is 6.73. The molecule has 1 fully saturated rings. The highest BCUT2D eigenvalue weighted by Gasteiger charge is 2.21. The van der Waals surface area contributed by atoms with Gasteiger partial charge in [-0.3, -0.25) is 0 Å². The maximum Gasteiger partial charge on any atom is 0.191 e. The zero-order valence-corrected chi connectivity index (χ0v) is 15.9. The molecule has 0 unspecified atom stereocenters. The lowest BCUT2D eigenvalue weighted by atomic mass is 10.0. The van der Waals surface area contributed by atoms with Crippen LogP contribution in [0.1, 0.15) is 33.6 Å². The Balaban J connectivity index is 1.78. The molecule has 146 valence electrons. The van der Waals surface area contributed by atoms with Crippen molar-refractivity contribution in [1.29, 1.82) is 0 Å². The fourth-order valence-electron chi connectivity index (χ4n) is 2.96. The van der Waals surface area contributed by atoms with Crippen molar-refractivity contribution < 1.29 is 13.5 Å². The summed E-state index contributed by atoms with van der Waals surface area (Å²) in [4.78, 5) is 6.99. The number of nitrogens with one attached hydrogen (secondary N) is 2. The maximum atomic E-state index is 13.1. The van der Waals surface area contributed by atoms with E-state index in [-0.39, 0.29) is 0 Å². The van der Waals surface area contributed by atoms with E-state index in [4.69, 9.17) is 4.74 Å². The predicted molar refractivity (Wildman–Crippen MR) is 101 cm³/mol. The van der Waals surface area contributed by atoms with E-state index in [2.05, 4.69) is 34.4 Å². The van der Waals surface area contributed by atoms with Crippen LogP contribution in [0.4, 0.5) is 8.78 Å². The van der Waals surface area contributed by atoms with Crippen molar-refractivity contribution in [1.82, 2.24) is 15.5 Å². The summed E-state index contributed by atoms with van der Waals surface area (Å²) >= 11 is 0. The normalized spacial score (nSPS) is 16.8. The SMILES string of the molecule is CCNC(=NCCOc1ccc(F)c(F)c1)NC1CCN(C(C)C)CC1. The van der Waals surface area contributed by atoms with Crippen LogP contribution in [0.25, 0.3) is 0 Å². The predicted octanol–water partition coefficient (Wildman–Crippen LogP) is 2.77. The van der Waals surface area contributed by atoms with Gasteiger partial charge < -0.3 is 20.3 Å². The van der Waals surface area contributed by atoms with E-state index in [1.807, 2.05) is 6.92 Å². The average Bonchev–Trinajstić information content (AvgIpc) is 2.62. The third-order valence-electron chi connectivity index (χ3n) is 4.47. The third-order valence-corrected chi connectivity index (χ3v) is 4.47. The summed E-state index contributed by atoms with van der Waals surface area (Å²) in [6.45, 7) is 10.2. The van der Waals surface area contributed by atoms with Gasteiger partial charge in [-0.2, -0.15) is 0 Å². The first kappa shape index (κ1) is 20.4. The number of aliphatic imine (C=N–C) groups is 1. The molecule has 1 aliphatic rings. The van der Waals surface area contributed by atoms with Crippen molar-refractivity contribution >= 4 is 5.96 Å². The molecule has 1 aliphatic heterocycles. The molecule has 7 heteroatoms. The summed E-state index contributed by atoms with van der Waals surface area (Å²) in [7, 11) is 0. The molecule has 0 amide bonds. The van der Waals surface area contributed by atoms with E-state index < -0.39 is 11.6 Å². The van der Waals surface area contributed by atoms with Crippen LogP contribution in [0, 0.1) is 11.6 Å². The van der Waals surface area contributed by atoms with E-state index in [1.54, 1.807) is 0 Å². The van der Waals surface area contributed by atoms with Crippen LogP contribution in [0.5, 0.6) is 5.75 Å². The number of benzene rings is 1. The highest BCUT2D eigenvalue weighted by Crippen LogP contribution is 2.15.